The molecule has 0 radical (unpaired) electrons. The van der Waals surface area contributed by atoms with Crippen molar-refractivity contribution in [3.05, 3.63) is 53.0 Å². The summed E-state index contributed by atoms with van der Waals surface area (Å²) in [5, 5.41) is 19.9. The number of aromatic nitrogens is 1. The zero-order valence-electron chi connectivity index (χ0n) is 19.7. The number of nitrogens with one attached hydrogen (secondary N) is 2. The maximum absolute atomic E-state index is 15.2. The largest absolute Gasteiger partial charge is 0.493 e. The van der Waals surface area contributed by atoms with E-state index in [-0.39, 0.29) is 23.8 Å². The van der Waals surface area contributed by atoms with Crippen molar-refractivity contribution in [1.82, 2.24) is 10.3 Å². The van der Waals surface area contributed by atoms with Crippen LogP contribution in [0.5, 0.6) is 11.5 Å². The van der Waals surface area contributed by atoms with Crippen molar-refractivity contribution in [3.63, 3.8) is 0 Å². The fraction of sp³-hybridized carbons (Fsp3) is 0.360. The molecule has 2 N–H and O–H groups in total. The average molecular weight is 482 g/mol. The molecule has 0 unspecified atom stereocenters. The Hall–Kier alpha value is -4.00. The third-order valence-corrected chi connectivity index (χ3v) is 6.36. The van der Waals surface area contributed by atoms with Crippen molar-refractivity contribution in [2.75, 3.05) is 25.7 Å². The Morgan fingerprint density at radius 3 is 2.49 bits per heavy atom. The fourth-order valence-electron chi connectivity index (χ4n) is 4.39. The quantitative estimate of drug-likeness (QED) is 0.438. The number of ether oxygens (including phenoxy) is 2. The molecule has 1 amide bonds. The van der Waals surface area contributed by atoms with E-state index in [9.17, 15) is 4.79 Å². The van der Waals surface area contributed by atoms with Gasteiger partial charge in [0.2, 0.25) is 5.91 Å². The lowest BCUT2D eigenvalue weighted by Crippen LogP contribution is -2.45. The van der Waals surface area contributed by atoms with Crippen LogP contribution >= 0.6 is 0 Å². The summed E-state index contributed by atoms with van der Waals surface area (Å²) in [5.41, 5.74) is 1.32. The van der Waals surface area contributed by atoms with Crippen molar-refractivity contribution in [2.24, 2.45) is 0 Å². The van der Waals surface area contributed by atoms with Gasteiger partial charge in [0.25, 0.3) is 0 Å². The number of fused-ring (bicyclic) bond motifs is 2. The summed E-state index contributed by atoms with van der Waals surface area (Å²) >= 11 is 0. The molecule has 1 aliphatic heterocycles. The molecule has 1 saturated carbocycles. The number of amides is 1. The summed E-state index contributed by atoms with van der Waals surface area (Å²) in [6, 6.07) is 4.93. The first-order valence-electron chi connectivity index (χ1n) is 11.1. The van der Waals surface area contributed by atoms with Gasteiger partial charge in [-0.2, -0.15) is 5.26 Å². The highest BCUT2D eigenvalue weighted by Crippen LogP contribution is 2.55. The topological polar surface area (TPSA) is 111 Å². The Balaban J connectivity index is 1.77. The van der Waals surface area contributed by atoms with Crippen LogP contribution in [0, 0.1) is 28.4 Å². The van der Waals surface area contributed by atoms with Gasteiger partial charge in [0.05, 0.1) is 44.4 Å². The van der Waals surface area contributed by atoms with Crippen LogP contribution in [0.4, 0.5) is 14.5 Å². The normalized spacial score (nSPS) is 15.9. The number of rotatable bonds is 8. The average Bonchev–Trinajstić information content (AvgIpc) is 3.64. The number of hydrogen-bond acceptors (Lipinski definition) is 7. The van der Waals surface area contributed by atoms with Gasteiger partial charge in [-0.15, -0.1) is 0 Å². The van der Waals surface area contributed by atoms with Gasteiger partial charge in [0.15, 0.2) is 23.1 Å². The molecule has 1 aromatic carbocycles. The van der Waals surface area contributed by atoms with Crippen molar-refractivity contribution in [2.45, 2.75) is 38.1 Å². The van der Waals surface area contributed by atoms with Crippen LogP contribution in [0.25, 0.3) is 5.57 Å². The van der Waals surface area contributed by atoms with E-state index in [1.807, 2.05) is 6.07 Å². The number of nitriles is 1. The smallest absolute Gasteiger partial charge is 0.238 e. The van der Waals surface area contributed by atoms with E-state index >= 15 is 8.78 Å². The molecule has 0 bridgehead atoms. The number of hydrogen-bond donors (Lipinski definition) is 2. The minimum Gasteiger partial charge on any atom is -0.493 e. The Labute approximate surface area is 201 Å². The SMILES string of the molecule is COc1cc(OC)c(F)c(N2Cc3cnc(/C(=C/NCCC#N)C(C)=N)cc3C3(CC3)C2=O)c1F. The van der Waals surface area contributed by atoms with Crippen molar-refractivity contribution in [1.29, 1.82) is 10.7 Å². The molecule has 0 saturated heterocycles. The highest BCUT2D eigenvalue weighted by atomic mass is 19.1. The van der Waals surface area contributed by atoms with Gasteiger partial charge < -0.3 is 25.1 Å². The van der Waals surface area contributed by atoms with Crippen LogP contribution in [0.15, 0.2) is 24.5 Å². The lowest BCUT2D eigenvalue weighted by Gasteiger charge is -2.35. The van der Waals surface area contributed by atoms with Crippen LogP contribution in [0.3, 0.4) is 0 Å². The molecule has 1 aliphatic carbocycles. The van der Waals surface area contributed by atoms with Crippen LogP contribution in [0.1, 0.15) is 43.0 Å². The summed E-state index contributed by atoms with van der Waals surface area (Å²) in [4.78, 5) is 19.2. The van der Waals surface area contributed by atoms with Gasteiger partial charge in [-0.25, -0.2) is 8.78 Å². The number of nitrogens with zero attached hydrogens (tertiary/aromatic N) is 3. The molecule has 1 fully saturated rings. The monoisotopic (exact) mass is 481 g/mol. The molecule has 8 nitrogen and oxygen atoms in total. The number of carbonyl (C=O) groups is 1. The first-order valence-corrected chi connectivity index (χ1v) is 11.1. The minimum atomic E-state index is -0.976. The lowest BCUT2D eigenvalue weighted by atomic mass is 9.85. The van der Waals surface area contributed by atoms with E-state index < -0.39 is 28.6 Å². The van der Waals surface area contributed by atoms with Crippen molar-refractivity contribution >= 4 is 22.9 Å². The predicted octanol–water partition coefficient (Wildman–Crippen LogP) is 3.84. The van der Waals surface area contributed by atoms with E-state index in [1.165, 1.54) is 14.2 Å². The van der Waals surface area contributed by atoms with E-state index in [0.717, 1.165) is 16.5 Å². The molecule has 2 aliphatic rings. The second kappa shape index (κ2) is 9.33. The number of methoxy groups -OCH3 is 2. The highest BCUT2D eigenvalue weighted by molar-refractivity contribution is 6.20. The number of carbonyl (C=O) groups excluding carboxylic acids is 1. The summed E-state index contributed by atoms with van der Waals surface area (Å²) < 4.78 is 40.5. The molecule has 182 valence electrons. The first-order chi connectivity index (χ1) is 16.8. The van der Waals surface area contributed by atoms with Gasteiger partial charge in [-0.3, -0.25) is 9.78 Å². The highest BCUT2D eigenvalue weighted by Gasteiger charge is 2.57. The number of anilines is 1. The van der Waals surface area contributed by atoms with Gasteiger partial charge >= 0.3 is 0 Å². The molecule has 0 atom stereocenters. The van der Waals surface area contributed by atoms with Gasteiger partial charge in [-0.1, -0.05) is 0 Å². The first kappa shape index (κ1) is 24.1. The van der Waals surface area contributed by atoms with E-state index in [0.29, 0.717) is 42.6 Å². The molecule has 1 aromatic heterocycles. The summed E-state index contributed by atoms with van der Waals surface area (Å²) in [5.74, 6) is -2.81. The van der Waals surface area contributed by atoms with Gasteiger partial charge in [-0.05, 0) is 37.0 Å². The number of benzene rings is 1. The molecule has 4 rings (SSSR count). The second-order valence-electron chi connectivity index (χ2n) is 8.50. The second-order valence-corrected chi connectivity index (χ2v) is 8.50. The number of pyridine rings is 1. The van der Waals surface area contributed by atoms with Crippen LogP contribution < -0.4 is 19.7 Å². The summed E-state index contributed by atoms with van der Waals surface area (Å²) in [7, 11) is 2.51. The van der Waals surface area contributed by atoms with Gasteiger partial charge in [0, 0.05) is 36.3 Å². The minimum absolute atomic E-state index is 0.0730. The zero-order chi connectivity index (χ0) is 25.3. The van der Waals surface area contributed by atoms with E-state index in [4.69, 9.17) is 20.1 Å². The fourth-order valence-corrected chi connectivity index (χ4v) is 4.39. The Kier molecular flexibility index (Phi) is 6.43. The Bertz CT molecular complexity index is 1250. The van der Waals surface area contributed by atoms with Crippen molar-refractivity contribution in [3.8, 4) is 17.6 Å². The Morgan fingerprint density at radius 2 is 1.94 bits per heavy atom. The Morgan fingerprint density at radius 1 is 1.29 bits per heavy atom. The third-order valence-electron chi connectivity index (χ3n) is 6.36. The summed E-state index contributed by atoms with van der Waals surface area (Å²) in [6.45, 7) is 1.98. The molecule has 35 heavy (non-hydrogen) atoms. The maximum atomic E-state index is 15.2. The molecule has 2 heterocycles. The maximum Gasteiger partial charge on any atom is 0.238 e. The molecule has 10 heteroatoms. The summed E-state index contributed by atoms with van der Waals surface area (Å²) in [6.07, 6.45) is 4.61. The van der Waals surface area contributed by atoms with Crippen molar-refractivity contribution < 1.29 is 23.0 Å². The van der Waals surface area contributed by atoms with Crippen LogP contribution in [0.2, 0.25) is 0 Å². The number of allylic oxidation sites excluding steroid dienone is 1. The van der Waals surface area contributed by atoms with E-state index in [1.54, 1.807) is 25.4 Å². The molecular weight excluding hydrogens is 456 g/mol. The standard InChI is InChI=1S/C25H25F2N5O3/c1-14(29)16(12-30-8-4-7-28)18-9-17-15(11-31-18)13-32(24(33)25(17)5-6-25)23-21(26)19(34-2)10-20(35-3)22(23)27/h9-12,29-30H,4-6,8,13H2,1-3H3/b16-12+,29-14?. The van der Waals surface area contributed by atoms with Crippen LogP contribution in [-0.4, -0.2) is 37.4 Å². The van der Waals surface area contributed by atoms with E-state index in [2.05, 4.69) is 10.3 Å². The van der Waals surface area contributed by atoms with Gasteiger partial charge in [0.1, 0.15) is 5.69 Å². The predicted molar refractivity (Wildman–Crippen MR) is 125 cm³/mol. The number of halogens is 2. The molecule has 2 aromatic rings. The third kappa shape index (κ3) is 4.07. The molecular formula is C25H25F2N5O3. The van der Waals surface area contributed by atoms with Crippen LogP contribution in [-0.2, 0) is 16.8 Å². The molecule has 1 spiro atoms. The zero-order valence-corrected chi connectivity index (χ0v) is 19.7. The lowest BCUT2D eigenvalue weighted by molar-refractivity contribution is -0.121.